The van der Waals surface area contributed by atoms with Gasteiger partial charge in [-0.1, -0.05) is 6.07 Å². The lowest BCUT2D eigenvalue weighted by atomic mass is 10.1. The van der Waals surface area contributed by atoms with E-state index in [1.54, 1.807) is 28.2 Å². The molecule has 1 saturated heterocycles. The molecular weight excluding hydrogens is 402 g/mol. The van der Waals surface area contributed by atoms with Crippen molar-refractivity contribution in [1.29, 1.82) is 0 Å². The largest absolute Gasteiger partial charge is 0.322 e. The van der Waals surface area contributed by atoms with Crippen molar-refractivity contribution < 1.29 is 9.59 Å². The molecule has 7 heteroatoms. The van der Waals surface area contributed by atoms with Gasteiger partial charge in [-0.05, 0) is 59.1 Å². The quantitative estimate of drug-likeness (QED) is 0.777. The molecule has 0 aliphatic carbocycles. The summed E-state index contributed by atoms with van der Waals surface area (Å²) in [5.74, 6) is 0.148. The molecule has 1 aliphatic rings. The van der Waals surface area contributed by atoms with Gasteiger partial charge in [0.2, 0.25) is 5.91 Å². The van der Waals surface area contributed by atoms with Gasteiger partial charge in [0.25, 0.3) is 0 Å². The van der Waals surface area contributed by atoms with E-state index in [-0.39, 0.29) is 11.9 Å². The summed E-state index contributed by atoms with van der Waals surface area (Å²) in [6.07, 6.45) is 2.56. The van der Waals surface area contributed by atoms with Gasteiger partial charge in [-0.15, -0.1) is 11.3 Å². The molecule has 1 fully saturated rings. The number of carbonyl (C=O) groups is 2. The molecule has 0 unspecified atom stereocenters. The monoisotopic (exact) mass is 421 g/mol. The minimum absolute atomic E-state index is 0.148. The van der Waals surface area contributed by atoms with Crippen molar-refractivity contribution in [2.75, 3.05) is 23.8 Å². The Labute approximate surface area is 159 Å². The van der Waals surface area contributed by atoms with E-state index in [0.717, 1.165) is 33.7 Å². The van der Waals surface area contributed by atoms with E-state index >= 15 is 0 Å². The molecule has 3 rings (SSSR count). The normalized spacial score (nSPS) is 14.5. The van der Waals surface area contributed by atoms with Gasteiger partial charge in [0.1, 0.15) is 0 Å². The van der Waals surface area contributed by atoms with Crippen LogP contribution in [0, 0.1) is 0 Å². The summed E-state index contributed by atoms with van der Waals surface area (Å²) in [6.45, 7) is 1.29. The highest BCUT2D eigenvalue weighted by Gasteiger charge is 2.20. The van der Waals surface area contributed by atoms with Gasteiger partial charge < -0.3 is 15.1 Å². The second kappa shape index (κ2) is 8.01. The fraction of sp³-hybridized carbons (Fsp3) is 0.333. The molecule has 0 bridgehead atoms. The molecular formula is C18H20BrN3O2S. The van der Waals surface area contributed by atoms with Crippen molar-refractivity contribution >= 4 is 50.6 Å². The summed E-state index contributed by atoms with van der Waals surface area (Å²) < 4.78 is 1.05. The molecule has 1 N–H and O–H groups in total. The second-order valence-corrected chi connectivity index (χ2v) is 8.59. The highest BCUT2D eigenvalue weighted by molar-refractivity contribution is 9.11. The molecule has 1 aromatic carbocycles. The molecule has 5 nitrogen and oxygen atoms in total. The summed E-state index contributed by atoms with van der Waals surface area (Å²) in [6, 6.07) is 11.3. The number of hydrogen-bond donors (Lipinski definition) is 1. The van der Waals surface area contributed by atoms with E-state index < -0.39 is 0 Å². The number of urea groups is 1. The fourth-order valence-corrected chi connectivity index (χ4v) is 4.33. The third-order valence-electron chi connectivity index (χ3n) is 4.10. The van der Waals surface area contributed by atoms with Crippen LogP contribution in [0.3, 0.4) is 0 Å². The van der Waals surface area contributed by atoms with Crippen LogP contribution in [-0.4, -0.2) is 30.4 Å². The number of piperidine rings is 1. The maximum Gasteiger partial charge on any atom is 0.321 e. The number of hydrogen-bond acceptors (Lipinski definition) is 3. The topological polar surface area (TPSA) is 52.7 Å². The van der Waals surface area contributed by atoms with Crippen molar-refractivity contribution in [1.82, 2.24) is 4.90 Å². The van der Waals surface area contributed by atoms with Crippen molar-refractivity contribution in [2.45, 2.75) is 25.8 Å². The number of thiophene rings is 1. The van der Waals surface area contributed by atoms with Crippen LogP contribution in [-0.2, 0) is 11.3 Å². The minimum Gasteiger partial charge on any atom is -0.322 e. The molecule has 1 aromatic heterocycles. The standard InChI is InChI=1S/C18H20BrN3O2S/c1-21(12-15-8-9-16(19)25-15)18(24)20-13-5-4-6-14(11-13)22-10-3-2-7-17(22)23/h4-6,8-9,11H,2-3,7,10,12H2,1H3,(H,20,24). The predicted molar refractivity (Wildman–Crippen MR) is 105 cm³/mol. The van der Waals surface area contributed by atoms with Crippen molar-refractivity contribution in [3.05, 3.63) is 45.1 Å². The Balaban J connectivity index is 1.64. The number of amides is 3. The Morgan fingerprint density at radius 2 is 2.16 bits per heavy atom. The molecule has 0 radical (unpaired) electrons. The summed E-state index contributed by atoms with van der Waals surface area (Å²) in [4.78, 5) is 29.0. The van der Waals surface area contributed by atoms with Crippen LogP contribution in [0.2, 0.25) is 0 Å². The number of nitrogens with zero attached hydrogens (tertiary/aromatic N) is 2. The molecule has 2 heterocycles. The Hall–Kier alpha value is -1.86. The van der Waals surface area contributed by atoms with E-state index in [0.29, 0.717) is 18.7 Å². The zero-order valence-corrected chi connectivity index (χ0v) is 16.4. The number of nitrogens with one attached hydrogen (secondary N) is 1. The second-order valence-electron chi connectivity index (χ2n) is 6.04. The summed E-state index contributed by atoms with van der Waals surface area (Å²) in [5, 5.41) is 2.90. The lowest BCUT2D eigenvalue weighted by molar-refractivity contribution is -0.119. The van der Waals surface area contributed by atoms with Crippen LogP contribution < -0.4 is 10.2 Å². The van der Waals surface area contributed by atoms with Gasteiger partial charge in [-0.25, -0.2) is 4.79 Å². The van der Waals surface area contributed by atoms with Crippen LogP contribution >= 0.6 is 27.3 Å². The van der Waals surface area contributed by atoms with Crippen molar-refractivity contribution in [3.8, 4) is 0 Å². The Kier molecular flexibility index (Phi) is 5.75. The maximum atomic E-state index is 12.4. The first-order valence-corrected chi connectivity index (χ1v) is 9.80. The van der Waals surface area contributed by atoms with E-state index in [2.05, 4.69) is 21.2 Å². The third-order valence-corrected chi connectivity index (χ3v) is 5.71. The van der Waals surface area contributed by atoms with Gasteiger partial charge in [0.05, 0.1) is 10.3 Å². The van der Waals surface area contributed by atoms with Crippen molar-refractivity contribution in [2.24, 2.45) is 0 Å². The highest BCUT2D eigenvalue weighted by Crippen LogP contribution is 2.25. The summed E-state index contributed by atoms with van der Waals surface area (Å²) >= 11 is 5.04. The van der Waals surface area contributed by atoms with Gasteiger partial charge in [-0.3, -0.25) is 4.79 Å². The highest BCUT2D eigenvalue weighted by atomic mass is 79.9. The number of benzene rings is 1. The van der Waals surface area contributed by atoms with Crippen LogP contribution in [0.1, 0.15) is 24.1 Å². The maximum absolute atomic E-state index is 12.4. The number of carbonyl (C=O) groups excluding carboxylic acids is 2. The average Bonchev–Trinajstić information content (AvgIpc) is 3.00. The molecule has 0 saturated carbocycles. The van der Waals surface area contributed by atoms with Gasteiger partial charge in [-0.2, -0.15) is 0 Å². The number of rotatable bonds is 4. The SMILES string of the molecule is CN(Cc1ccc(Br)s1)C(=O)Nc1cccc(N2CCCCC2=O)c1. The average molecular weight is 422 g/mol. The van der Waals surface area contributed by atoms with Crippen molar-refractivity contribution in [3.63, 3.8) is 0 Å². The predicted octanol–water partition coefficient (Wildman–Crippen LogP) is 4.69. The molecule has 1 aliphatic heterocycles. The molecule has 3 amide bonds. The summed E-state index contributed by atoms with van der Waals surface area (Å²) in [7, 11) is 1.76. The number of halogens is 1. The minimum atomic E-state index is -0.174. The van der Waals surface area contributed by atoms with E-state index in [4.69, 9.17) is 0 Å². The summed E-state index contributed by atoms with van der Waals surface area (Å²) in [5.41, 5.74) is 1.53. The zero-order valence-electron chi connectivity index (χ0n) is 14.0. The molecule has 0 spiro atoms. The van der Waals surface area contributed by atoms with E-state index in [9.17, 15) is 9.59 Å². The molecule has 0 atom stereocenters. The van der Waals surface area contributed by atoms with Crippen LogP contribution in [0.5, 0.6) is 0 Å². The van der Waals surface area contributed by atoms with Crippen LogP contribution in [0.25, 0.3) is 0 Å². The zero-order chi connectivity index (χ0) is 17.8. The Morgan fingerprint density at radius 3 is 2.88 bits per heavy atom. The lowest BCUT2D eigenvalue weighted by Gasteiger charge is -2.27. The number of anilines is 2. The first kappa shape index (κ1) is 17.9. The lowest BCUT2D eigenvalue weighted by Crippen LogP contribution is -2.35. The van der Waals surface area contributed by atoms with Gasteiger partial charge in [0, 0.05) is 36.3 Å². The van der Waals surface area contributed by atoms with Crippen LogP contribution in [0.4, 0.5) is 16.2 Å². The van der Waals surface area contributed by atoms with Gasteiger partial charge in [0.15, 0.2) is 0 Å². The molecule has 2 aromatic rings. The fourth-order valence-electron chi connectivity index (χ4n) is 2.79. The third kappa shape index (κ3) is 4.61. The molecule has 25 heavy (non-hydrogen) atoms. The first-order chi connectivity index (χ1) is 12.0. The van der Waals surface area contributed by atoms with Gasteiger partial charge >= 0.3 is 6.03 Å². The van der Waals surface area contributed by atoms with E-state index in [1.165, 1.54) is 0 Å². The van der Waals surface area contributed by atoms with E-state index in [1.807, 2.05) is 36.4 Å². The smallest absolute Gasteiger partial charge is 0.321 e. The molecule has 132 valence electrons. The van der Waals surface area contributed by atoms with Crippen LogP contribution in [0.15, 0.2) is 40.2 Å². The Bertz CT molecular complexity index is 777. The Morgan fingerprint density at radius 1 is 1.32 bits per heavy atom. The first-order valence-electron chi connectivity index (χ1n) is 8.20.